The monoisotopic (exact) mass is 377 g/mol. The predicted octanol–water partition coefficient (Wildman–Crippen LogP) is 1.04. The summed E-state index contributed by atoms with van der Waals surface area (Å²) in [5.74, 6) is 0.163. The van der Waals surface area contributed by atoms with Crippen LogP contribution in [0.3, 0.4) is 0 Å². The summed E-state index contributed by atoms with van der Waals surface area (Å²) in [6.45, 7) is 0.898. The lowest BCUT2D eigenvalue weighted by Gasteiger charge is -2.24. The smallest absolute Gasteiger partial charge is 0.242 e. The van der Waals surface area contributed by atoms with Crippen LogP contribution >= 0.6 is 0 Å². The van der Waals surface area contributed by atoms with Gasteiger partial charge in [0, 0.05) is 32.6 Å². The zero-order chi connectivity index (χ0) is 18.3. The SMILES string of the molecule is Cn1nc2cccc(S(=O)(=O)NCC3CC(=O)N(C4CCCC4)C3)c2n1. The van der Waals surface area contributed by atoms with E-state index in [0.29, 0.717) is 30.0 Å². The number of nitrogens with one attached hydrogen (secondary N) is 1. The molecule has 1 amide bonds. The molecule has 9 heteroatoms. The number of carbonyl (C=O) groups is 1. The molecule has 140 valence electrons. The number of likely N-dealkylation sites (tertiary alicyclic amines) is 1. The molecule has 2 aliphatic rings. The summed E-state index contributed by atoms with van der Waals surface area (Å²) in [5.41, 5.74) is 0.899. The minimum absolute atomic E-state index is 0.0129. The molecule has 4 rings (SSSR count). The number of rotatable bonds is 5. The van der Waals surface area contributed by atoms with E-state index >= 15 is 0 Å². The number of aromatic nitrogens is 3. The molecule has 1 N–H and O–H groups in total. The van der Waals surface area contributed by atoms with Crippen molar-refractivity contribution in [2.24, 2.45) is 13.0 Å². The number of aryl methyl sites for hydroxylation is 1. The Hall–Kier alpha value is -2.00. The zero-order valence-electron chi connectivity index (χ0n) is 14.8. The van der Waals surface area contributed by atoms with Gasteiger partial charge in [0.05, 0.1) is 0 Å². The Bertz CT molecular complexity index is 933. The zero-order valence-corrected chi connectivity index (χ0v) is 15.6. The lowest BCUT2D eigenvalue weighted by molar-refractivity contribution is -0.129. The predicted molar refractivity (Wildman–Crippen MR) is 95.8 cm³/mol. The fourth-order valence-electron chi connectivity index (χ4n) is 4.05. The summed E-state index contributed by atoms with van der Waals surface area (Å²) in [6, 6.07) is 5.27. The van der Waals surface area contributed by atoms with E-state index in [1.54, 1.807) is 19.2 Å². The van der Waals surface area contributed by atoms with Gasteiger partial charge in [0.1, 0.15) is 15.9 Å². The van der Waals surface area contributed by atoms with E-state index < -0.39 is 10.0 Å². The number of carbonyl (C=O) groups excluding carboxylic acids is 1. The fraction of sp³-hybridized carbons (Fsp3) is 0.588. The molecule has 0 bridgehead atoms. The minimum Gasteiger partial charge on any atom is -0.339 e. The first-order chi connectivity index (χ1) is 12.4. The van der Waals surface area contributed by atoms with Crippen LogP contribution in [0.5, 0.6) is 0 Å². The number of amides is 1. The van der Waals surface area contributed by atoms with Crippen LogP contribution in [0.25, 0.3) is 11.0 Å². The summed E-state index contributed by atoms with van der Waals surface area (Å²) < 4.78 is 28.2. The number of hydrogen-bond donors (Lipinski definition) is 1. The van der Waals surface area contributed by atoms with Crippen LogP contribution in [0.1, 0.15) is 32.1 Å². The van der Waals surface area contributed by atoms with Crippen molar-refractivity contribution in [2.45, 2.75) is 43.0 Å². The maximum Gasteiger partial charge on any atom is 0.242 e. The van der Waals surface area contributed by atoms with Crippen LogP contribution in [0.2, 0.25) is 0 Å². The highest BCUT2D eigenvalue weighted by Crippen LogP contribution is 2.29. The second-order valence-corrected chi connectivity index (χ2v) is 8.96. The first-order valence-electron chi connectivity index (χ1n) is 9.03. The average Bonchev–Trinajstić information content (AvgIpc) is 3.30. The van der Waals surface area contributed by atoms with Crippen LogP contribution in [-0.4, -0.2) is 53.4 Å². The molecule has 1 saturated heterocycles. The maximum absolute atomic E-state index is 12.7. The minimum atomic E-state index is -3.71. The van der Waals surface area contributed by atoms with Crippen molar-refractivity contribution < 1.29 is 13.2 Å². The van der Waals surface area contributed by atoms with Gasteiger partial charge < -0.3 is 4.90 Å². The highest BCUT2D eigenvalue weighted by Gasteiger charge is 2.36. The molecule has 2 aromatic rings. The normalized spacial score (nSPS) is 22.0. The van der Waals surface area contributed by atoms with E-state index in [1.807, 2.05) is 4.90 Å². The van der Waals surface area contributed by atoms with E-state index in [9.17, 15) is 13.2 Å². The van der Waals surface area contributed by atoms with Crippen LogP contribution in [0.15, 0.2) is 23.1 Å². The molecule has 26 heavy (non-hydrogen) atoms. The summed E-state index contributed by atoms with van der Waals surface area (Å²) in [4.78, 5) is 15.7. The number of sulfonamides is 1. The third-order valence-corrected chi connectivity index (χ3v) is 6.79. The standard InChI is InChI=1S/C17H23N5O3S/c1-21-19-14-7-4-8-15(17(14)20-21)26(24,25)18-10-12-9-16(23)22(11-12)13-5-2-3-6-13/h4,7-8,12-13,18H,2-3,5-6,9-11H2,1H3. The van der Waals surface area contributed by atoms with E-state index in [1.165, 1.54) is 23.7 Å². The average molecular weight is 377 g/mol. The highest BCUT2D eigenvalue weighted by molar-refractivity contribution is 7.89. The van der Waals surface area contributed by atoms with Gasteiger partial charge in [-0.3, -0.25) is 4.79 Å². The van der Waals surface area contributed by atoms with Crippen molar-refractivity contribution in [1.82, 2.24) is 24.6 Å². The molecule has 1 aromatic heterocycles. The first-order valence-corrected chi connectivity index (χ1v) is 10.5. The van der Waals surface area contributed by atoms with Gasteiger partial charge in [0.25, 0.3) is 0 Å². The molecular formula is C17H23N5O3S. The van der Waals surface area contributed by atoms with Crippen molar-refractivity contribution in [1.29, 1.82) is 0 Å². The molecule has 1 aliphatic heterocycles. The van der Waals surface area contributed by atoms with Crippen molar-refractivity contribution in [3.05, 3.63) is 18.2 Å². The summed E-state index contributed by atoms with van der Waals surface area (Å²) in [6.07, 6.45) is 4.90. The Balaban J connectivity index is 1.46. The molecule has 1 aromatic carbocycles. The van der Waals surface area contributed by atoms with Gasteiger partial charge >= 0.3 is 0 Å². The van der Waals surface area contributed by atoms with Gasteiger partial charge in [0.2, 0.25) is 15.9 Å². The van der Waals surface area contributed by atoms with Gasteiger partial charge in [-0.05, 0) is 30.9 Å². The van der Waals surface area contributed by atoms with Crippen LogP contribution in [0, 0.1) is 5.92 Å². The van der Waals surface area contributed by atoms with E-state index in [2.05, 4.69) is 14.9 Å². The van der Waals surface area contributed by atoms with E-state index in [4.69, 9.17) is 0 Å². The van der Waals surface area contributed by atoms with E-state index in [0.717, 1.165) is 12.8 Å². The van der Waals surface area contributed by atoms with Crippen molar-refractivity contribution in [2.75, 3.05) is 13.1 Å². The van der Waals surface area contributed by atoms with Crippen molar-refractivity contribution in [3.8, 4) is 0 Å². The molecule has 2 heterocycles. The third-order valence-electron chi connectivity index (χ3n) is 5.33. The van der Waals surface area contributed by atoms with Gasteiger partial charge in [-0.25, -0.2) is 13.1 Å². The molecule has 1 saturated carbocycles. The van der Waals surface area contributed by atoms with Crippen molar-refractivity contribution >= 4 is 27.0 Å². The molecule has 1 atom stereocenters. The second kappa shape index (κ2) is 6.62. The van der Waals surface area contributed by atoms with Crippen molar-refractivity contribution in [3.63, 3.8) is 0 Å². The largest absolute Gasteiger partial charge is 0.339 e. The van der Waals surface area contributed by atoms with Gasteiger partial charge in [-0.2, -0.15) is 15.0 Å². The highest BCUT2D eigenvalue weighted by atomic mass is 32.2. The van der Waals surface area contributed by atoms with Gasteiger partial charge in [-0.15, -0.1) is 0 Å². The maximum atomic E-state index is 12.7. The molecule has 0 spiro atoms. The van der Waals surface area contributed by atoms with Gasteiger partial charge in [-0.1, -0.05) is 18.9 Å². The summed E-state index contributed by atoms with van der Waals surface area (Å²) in [7, 11) is -2.05. The summed E-state index contributed by atoms with van der Waals surface area (Å²) in [5, 5.41) is 8.31. The molecule has 1 aliphatic carbocycles. The Kier molecular flexibility index (Phi) is 4.44. The number of hydrogen-bond acceptors (Lipinski definition) is 5. The summed E-state index contributed by atoms with van der Waals surface area (Å²) >= 11 is 0. The van der Waals surface area contributed by atoms with Crippen LogP contribution in [0.4, 0.5) is 0 Å². The molecule has 2 fully saturated rings. The first kappa shape index (κ1) is 17.4. The lowest BCUT2D eigenvalue weighted by Crippen LogP contribution is -2.36. The Morgan fingerprint density at radius 2 is 2.00 bits per heavy atom. The number of fused-ring (bicyclic) bond motifs is 1. The quantitative estimate of drug-likeness (QED) is 0.840. The Labute approximate surface area is 152 Å². The number of benzene rings is 1. The Morgan fingerprint density at radius 1 is 1.23 bits per heavy atom. The molecule has 0 radical (unpaired) electrons. The second-order valence-electron chi connectivity index (χ2n) is 7.22. The Morgan fingerprint density at radius 3 is 2.77 bits per heavy atom. The van der Waals surface area contributed by atoms with Crippen LogP contribution < -0.4 is 4.72 Å². The van der Waals surface area contributed by atoms with Crippen LogP contribution in [-0.2, 0) is 21.9 Å². The molecular weight excluding hydrogens is 354 g/mol. The fourth-order valence-corrected chi connectivity index (χ4v) is 5.32. The lowest BCUT2D eigenvalue weighted by atomic mass is 10.1. The molecule has 8 nitrogen and oxygen atoms in total. The third kappa shape index (κ3) is 3.21. The topological polar surface area (TPSA) is 97.2 Å². The molecule has 1 unspecified atom stereocenters. The number of nitrogens with zero attached hydrogens (tertiary/aromatic N) is 4. The van der Waals surface area contributed by atoms with Gasteiger partial charge in [0.15, 0.2) is 0 Å². The van der Waals surface area contributed by atoms with E-state index in [-0.39, 0.29) is 23.3 Å².